The molecular weight excluding hydrogens is 240 g/mol. The highest BCUT2D eigenvalue weighted by Crippen LogP contribution is 2.14. The van der Waals surface area contributed by atoms with E-state index >= 15 is 0 Å². The van der Waals surface area contributed by atoms with Gasteiger partial charge in [0.1, 0.15) is 0 Å². The third-order valence-electron chi connectivity index (χ3n) is 3.77. The Morgan fingerprint density at radius 2 is 1.79 bits per heavy atom. The minimum Gasteiger partial charge on any atom is -0.383 e. The second kappa shape index (κ2) is 11.6. The molecule has 0 radical (unpaired) electrons. The Balaban J connectivity index is 4.36. The number of rotatable bonds is 12. The minimum absolute atomic E-state index is 0.420. The molecular formula is C15H34N2O2. The van der Waals surface area contributed by atoms with Gasteiger partial charge in [0.05, 0.1) is 13.2 Å². The molecule has 4 nitrogen and oxygen atoms in total. The first-order valence-corrected chi connectivity index (χ1v) is 7.52. The Hall–Kier alpha value is -0.160. The lowest BCUT2D eigenvalue weighted by molar-refractivity contribution is 0.0362. The number of hydrogen-bond acceptors (Lipinski definition) is 4. The Kier molecular flexibility index (Phi) is 11.6. The molecule has 0 spiro atoms. The van der Waals surface area contributed by atoms with E-state index in [0.717, 1.165) is 32.8 Å². The summed E-state index contributed by atoms with van der Waals surface area (Å²) in [7, 11) is 3.53. The van der Waals surface area contributed by atoms with Crippen LogP contribution in [0.4, 0.5) is 0 Å². The second-order valence-corrected chi connectivity index (χ2v) is 5.46. The normalized spacial score (nSPS) is 16.6. The van der Waals surface area contributed by atoms with Crippen LogP contribution in [0.25, 0.3) is 0 Å². The van der Waals surface area contributed by atoms with Gasteiger partial charge in [-0.05, 0) is 39.3 Å². The van der Waals surface area contributed by atoms with E-state index in [2.05, 4.69) is 37.9 Å². The van der Waals surface area contributed by atoms with Crippen LogP contribution < -0.4 is 5.32 Å². The Labute approximate surface area is 119 Å². The Morgan fingerprint density at radius 1 is 1.11 bits per heavy atom. The lowest BCUT2D eigenvalue weighted by Gasteiger charge is -2.37. The summed E-state index contributed by atoms with van der Waals surface area (Å²) in [6.45, 7) is 13.7. The van der Waals surface area contributed by atoms with Gasteiger partial charge in [-0.3, -0.25) is 4.90 Å². The molecule has 0 amide bonds. The second-order valence-electron chi connectivity index (χ2n) is 5.46. The van der Waals surface area contributed by atoms with E-state index in [9.17, 15) is 0 Å². The summed E-state index contributed by atoms with van der Waals surface area (Å²) < 4.78 is 10.5. The van der Waals surface area contributed by atoms with Crippen LogP contribution in [0.15, 0.2) is 0 Å². The quantitative estimate of drug-likeness (QED) is 0.552. The molecule has 0 saturated heterocycles. The van der Waals surface area contributed by atoms with Crippen molar-refractivity contribution >= 4 is 0 Å². The van der Waals surface area contributed by atoms with Gasteiger partial charge in [0.2, 0.25) is 0 Å². The maximum Gasteiger partial charge on any atom is 0.0615 e. The number of nitrogens with one attached hydrogen (secondary N) is 1. The highest BCUT2D eigenvalue weighted by Gasteiger charge is 2.24. The number of ether oxygens (including phenoxy) is 2. The maximum absolute atomic E-state index is 5.29. The summed E-state index contributed by atoms with van der Waals surface area (Å²) in [6, 6.07) is 0.938. The number of nitrogens with zero attached hydrogens (tertiary/aromatic N) is 1. The molecule has 0 aromatic carbocycles. The van der Waals surface area contributed by atoms with E-state index in [-0.39, 0.29) is 0 Å². The van der Waals surface area contributed by atoms with E-state index in [0.29, 0.717) is 18.0 Å². The standard InChI is InChI=1S/C15H34N2O2/c1-7-8-16-11-13(2)15(4)17(9-10-18-5)14(3)12-19-6/h13-16H,7-12H2,1-6H3. The number of methoxy groups -OCH3 is 2. The molecule has 0 fully saturated rings. The molecule has 116 valence electrons. The molecule has 0 saturated carbocycles. The largest absolute Gasteiger partial charge is 0.383 e. The van der Waals surface area contributed by atoms with Crippen molar-refractivity contribution in [1.82, 2.24) is 10.2 Å². The maximum atomic E-state index is 5.29. The molecule has 0 aromatic rings. The summed E-state index contributed by atoms with van der Waals surface area (Å²) in [5.41, 5.74) is 0. The first-order chi connectivity index (χ1) is 9.08. The predicted octanol–water partition coefficient (Wildman–Crippen LogP) is 1.99. The number of hydrogen-bond donors (Lipinski definition) is 1. The Bertz CT molecular complexity index is 203. The Morgan fingerprint density at radius 3 is 2.32 bits per heavy atom. The van der Waals surface area contributed by atoms with Crippen molar-refractivity contribution in [2.75, 3.05) is 47.1 Å². The topological polar surface area (TPSA) is 33.7 Å². The molecule has 0 aliphatic heterocycles. The van der Waals surface area contributed by atoms with Gasteiger partial charge in [-0.1, -0.05) is 13.8 Å². The highest BCUT2D eigenvalue weighted by atomic mass is 16.5. The van der Waals surface area contributed by atoms with Crippen LogP contribution in [-0.4, -0.2) is 64.1 Å². The monoisotopic (exact) mass is 274 g/mol. The summed E-state index contributed by atoms with van der Waals surface area (Å²) >= 11 is 0. The molecule has 4 heteroatoms. The fourth-order valence-corrected chi connectivity index (χ4v) is 2.36. The fraction of sp³-hybridized carbons (Fsp3) is 1.00. The highest BCUT2D eigenvalue weighted by molar-refractivity contribution is 4.78. The zero-order chi connectivity index (χ0) is 14.7. The molecule has 0 aromatic heterocycles. The third-order valence-corrected chi connectivity index (χ3v) is 3.77. The lowest BCUT2D eigenvalue weighted by Crippen LogP contribution is -2.48. The smallest absolute Gasteiger partial charge is 0.0615 e. The van der Waals surface area contributed by atoms with Crippen LogP contribution in [0.5, 0.6) is 0 Å². The van der Waals surface area contributed by atoms with E-state index in [1.807, 2.05) is 0 Å². The molecule has 0 bridgehead atoms. The van der Waals surface area contributed by atoms with Crippen LogP contribution >= 0.6 is 0 Å². The van der Waals surface area contributed by atoms with E-state index < -0.39 is 0 Å². The first-order valence-electron chi connectivity index (χ1n) is 7.52. The summed E-state index contributed by atoms with van der Waals surface area (Å²) in [4.78, 5) is 2.49. The van der Waals surface area contributed by atoms with Crippen molar-refractivity contribution in [3.05, 3.63) is 0 Å². The molecule has 3 atom stereocenters. The fourth-order valence-electron chi connectivity index (χ4n) is 2.36. The van der Waals surface area contributed by atoms with E-state index in [1.54, 1.807) is 14.2 Å². The molecule has 3 unspecified atom stereocenters. The van der Waals surface area contributed by atoms with Crippen LogP contribution in [0, 0.1) is 5.92 Å². The van der Waals surface area contributed by atoms with Crippen molar-refractivity contribution < 1.29 is 9.47 Å². The average Bonchev–Trinajstić information content (AvgIpc) is 2.39. The lowest BCUT2D eigenvalue weighted by atomic mass is 10.0. The van der Waals surface area contributed by atoms with Crippen molar-refractivity contribution in [2.24, 2.45) is 5.92 Å². The van der Waals surface area contributed by atoms with Gasteiger partial charge in [-0.25, -0.2) is 0 Å². The van der Waals surface area contributed by atoms with Gasteiger partial charge in [0.15, 0.2) is 0 Å². The summed E-state index contributed by atoms with van der Waals surface area (Å²) in [5.74, 6) is 0.614. The third kappa shape index (κ3) is 7.88. The van der Waals surface area contributed by atoms with Crippen molar-refractivity contribution in [1.29, 1.82) is 0 Å². The molecule has 0 rings (SSSR count). The van der Waals surface area contributed by atoms with Gasteiger partial charge < -0.3 is 14.8 Å². The van der Waals surface area contributed by atoms with Crippen LogP contribution in [-0.2, 0) is 9.47 Å². The van der Waals surface area contributed by atoms with Gasteiger partial charge in [-0.2, -0.15) is 0 Å². The predicted molar refractivity (Wildman–Crippen MR) is 81.7 cm³/mol. The van der Waals surface area contributed by atoms with Gasteiger partial charge in [0, 0.05) is 32.8 Å². The van der Waals surface area contributed by atoms with Crippen molar-refractivity contribution in [3.63, 3.8) is 0 Å². The molecule has 0 aliphatic carbocycles. The van der Waals surface area contributed by atoms with Crippen LogP contribution in [0.2, 0.25) is 0 Å². The summed E-state index contributed by atoms with van der Waals surface area (Å²) in [6.07, 6.45) is 1.19. The molecule has 1 N–H and O–H groups in total. The minimum atomic E-state index is 0.420. The zero-order valence-corrected chi connectivity index (χ0v) is 13.7. The summed E-state index contributed by atoms with van der Waals surface area (Å²) in [5, 5.41) is 3.51. The van der Waals surface area contributed by atoms with Gasteiger partial charge >= 0.3 is 0 Å². The van der Waals surface area contributed by atoms with E-state index in [1.165, 1.54) is 6.42 Å². The molecule has 19 heavy (non-hydrogen) atoms. The molecule has 0 aliphatic rings. The van der Waals surface area contributed by atoms with Crippen molar-refractivity contribution in [2.45, 2.75) is 46.2 Å². The van der Waals surface area contributed by atoms with Crippen LogP contribution in [0.1, 0.15) is 34.1 Å². The van der Waals surface area contributed by atoms with Gasteiger partial charge in [-0.15, -0.1) is 0 Å². The first kappa shape index (κ1) is 18.8. The average molecular weight is 274 g/mol. The SMILES string of the molecule is CCCNCC(C)C(C)N(CCOC)C(C)COC. The van der Waals surface area contributed by atoms with Crippen LogP contribution in [0.3, 0.4) is 0 Å². The van der Waals surface area contributed by atoms with Crippen molar-refractivity contribution in [3.8, 4) is 0 Å². The van der Waals surface area contributed by atoms with E-state index in [4.69, 9.17) is 9.47 Å². The molecule has 0 heterocycles. The van der Waals surface area contributed by atoms with Gasteiger partial charge in [0.25, 0.3) is 0 Å². The zero-order valence-electron chi connectivity index (χ0n) is 13.7.